The van der Waals surface area contributed by atoms with E-state index in [0.29, 0.717) is 69.2 Å². The summed E-state index contributed by atoms with van der Waals surface area (Å²) in [5.74, 6) is 0.396. The van der Waals surface area contributed by atoms with Crippen LogP contribution in [-0.4, -0.2) is 62.7 Å². The predicted molar refractivity (Wildman–Crippen MR) is 154 cm³/mol. The van der Waals surface area contributed by atoms with E-state index >= 15 is 0 Å². The Balaban J connectivity index is 1.38. The van der Waals surface area contributed by atoms with Crippen molar-refractivity contribution in [1.29, 1.82) is 5.26 Å². The summed E-state index contributed by atoms with van der Waals surface area (Å²) >= 11 is 0. The van der Waals surface area contributed by atoms with Crippen LogP contribution in [0, 0.1) is 17.2 Å². The van der Waals surface area contributed by atoms with Gasteiger partial charge in [-0.15, -0.1) is 0 Å². The zero-order valence-electron chi connectivity index (χ0n) is 23.8. The molecule has 0 saturated carbocycles. The first-order valence-electron chi connectivity index (χ1n) is 14.5. The lowest BCUT2D eigenvalue weighted by atomic mass is 9.92. The first-order chi connectivity index (χ1) is 20.2. The third-order valence-corrected chi connectivity index (χ3v) is 8.01. The number of nitriles is 1. The number of nitrogens with one attached hydrogen (secondary N) is 3. The number of benzene rings is 1. The van der Waals surface area contributed by atoms with Crippen molar-refractivity contribution in [3.8, 4) is 6.07 Å². The van der Waals surface area contributed by atoms with Crippen LogP contribution >= 0.6 is 0 Å². The van der Waals surface area contributed by atoms with Crippen LogP contribution in [0.25, 0.3) is 0 Å². The van der Waals surface area contributed by atoms with Crippen LogP contribution in [-0.2, 0) is 17.4 Å². The number of hydrogen-bond acceptors (Lipinski definition) is 6. The summed E-state index contributed by atoms with van der Waals surface area (Å²) in [6.45, 7) is 2.68. The Kier molecular flexibility index (Phi) is 10.5. The van der Waals surface area contributed by atoms with Crippen LogP contribution in [0.4, 0.5) is 29.5 Å². The number of carbonyl (C=O) groups excluding carboxylic acids is 2. The number of halogens is 3. The van der Waals surface area contributed by atoms with E-state index in [-0.39, 0.29) is 17.8 Å². The second kappa shape index (κ2) is 14.2. The summed E-state index contributed by atoms with van der Waals surface area (Å²) in [6, 6.07) is 11.2. The first-order valence-corrected chi connectivity index (χ1v) is 14.5. The molecule has 2 aliphatic heterocycles. The van der Waals surface area contributed by atoms with Crippen LogP contribution in [0.2, 0.25) is 0 Å². The molecular weight excluding hydrogens is 547 g/mol. The van der Waals surface area contributed by atoms with Crippen molar-refractivity contribution in [2.24, 2.45) is 5.92 Å². The van der Waals surface area contributed by atoms with Crippen molar-refractivity contribution in [2.75, 3.05) is 49.6 Å². The Morgan fingerprint density at radius 3 is 2.45 bits per heavy atom. The number of piperidine rings is 1. The summed E-state index contributed by atoms with van der Waals surface area (Å²) in [7, 11) is 1.57. The molecule has 12 heteroatoms. The van der Waals surface area contributed by atoms with Crippen molar-refractivity contribution in [2.45, 2.75) is 57.2 Å². The van der Waals surface area contributed by atoms with E-state index in [4.69, 9.17) is 5.26 Å². The van der Waals surface area contributed by atoms with Crippen molar-refractivity contribution < 1.29 is 22.8 Å². The fraction of sp³-hybridized carbons (Fsp3) is 0.533. The number of anilines is 2. The van der Waals surface area contributed by atoms with E-state index < -0.39 is 17.9 Å². The van der Waals surface area contributed by atoms with Gasteiger partial charge in [-0.2, -0.15) is 18.4 Å². The van der Waals surface area contributed by atoms with Gasteiger partial charge in [0.2, 0.25) is 5.91 Å². The lowest BCUT2D eigenvalue weighted by molar-refractivity contribution is -0.141. The third kappa shape index (κ3) is 8.27. The number of nitrogens with zero attached hydrogens (tertiary/aromatic N) is 4. The maximum Gasteiger partial charge on any atom is 0.433 e. The van der Waals surface area contributed by atoms with Gasteiger partial charge < -0.3 is 25.8 Å². The zero-order valence-corrected chi connectivity index (χ0v) is 23.8. The number of aromatic nitrogens is 1. The number of pyridine rings is 1. The van der Waals surface area contributed by atoms with Gasteiger partial charge in [-0.1, -0.05) is 12.1 Å². The molecule has 1 atom stereocenters. The van der Waals surface area contributed by atoms with Crippen molar-refractivity contribution in [1.82, 2.24) is 20.9 Å². The van der Waals surface area contributed by atoms with E-state index in [2.05, 4.69) is 27.0 Å². The van der Waals surface area contributed by atoms with Crippen LogP contribution in [0.1, 0.15) is 55.3 Å². The van der Waals surface area contributed by atoms with E-state index in [9.17, 15) is 22.8 Å². The van der Waals surface area contributed by atoms with Gasteiger partial charge in [0, 0.05) is 51.5 Å². The van der Waals surface area contributed by atoms with Gasteiger partial charge in [0.1, 0.15) is 17.6 Å². The van der Waals surface area contributed by atoms with E-state index in [0.717, 1.165) is 37.3 Å². The monoisotopic (exact) mass is 585 g/mol. The highest BCUT2D eigenvalue weighted by molar-refractivity contribution is 5.85. The Hall–Kier alpha value is -4.01. The molecule has 2 fully saturated rings. The molecule has 3 amide bonds. The number of amides is 3. The van der Waals surface area contributed by atoms with Crippen molar-refractivity contribution in [3.63, 3.8) is 0 Å². The molecule has 3 N–H and O–H groups in total. The molecule has 0 aliphatic carbocycles. The molecule has 2 aromatic rings. The Morgan fingerprint density at radius 2 is 1.79 bits per heavy atom. The van der Waals surface area contributed by atoms with Crippen molar-refractivity contribution in [3.05, 3.63) is 53.2 Å². The quantitative estimate of drug-likeness (QED) is 0.360. The van der Waals surface area contributed by atoms with E-state index in [1.807, 2.05) is 17.0 Å². The second-order valence-electron chi connectivity index (χ2n) is 10.8. The van der Waals surface area contributed by atoms with Crippen LogP contribution in [0.5, 0.6) is 0 Å². The molecule has 0 radical (unpaired) electrons. The SMILES string of the molecule is CNC(=O)NCCCC1CCN(c2cc(N3CCC[C@H]3C(=O)NCCc3ccc(C#N)cc3)nc(C(F)(F)F)c2)CC1. The Bertz CT molecular complexity index is 1260. The molecule has 2 saturated heterocycles. The second-order valence-corrected chi connectivity index (χ2v) is 10.8. The smallest absolute Gasteiger partial charge is 0.371 e. The summed E-state index contributed by atoms with van der Waals surface area (Å²) in [5.41, 5.74) is 1.06. The average molecular weight is 586 g/mol. The van der Waals surface area contributed by atoms with Gasteiger partial charge in [-0.25, -0.2) is 9.78 Å². The molecule has 2 aliphatic rings. The van der Waals surface area contributed by atoms with Gasteiger partial charge in [0.15, 0.2) is 0 Å². The van der Waals surface area contributed by atoms with Gasteiger partial charge in [-0.05, 0) is 74.6 Å². The molecule has 0 unspecified atom stereocenters. The molecule has 3 heterocycles. The number of carbonyl (C=O) groups is 2. The predicted octanol–water partition coefficient (Wildman–Crippen LogP) is 4.23. The molecule has 42 heavy (non-hydrogen) atoms. The Labute approximate surface area is 244 Å². The largest absolute Gasteiger partial charge is 0.433 e. The van der Waals surface area contributed by atoms with Crippen LogP contribution in [0.15, 0.2) is 36.4 Å². The topological polar surface area (TPSA) is 113 Å². The molecule has 1 aromatic carbocycles. The standard InChI is InChI=1S/C30H38F3N7O2/c1-35-29(42)37-13-2-4-21-11-16-39(17-12-21)24-18-26(30(31,32)33)38-27(19-24)40-15-3-5-25(40)28(41)36-14-10-22-6-8-23(20-34)9-7-22/h6-9,18-19,21,25H,2-5,10-17H2,1H3,(H,36,41)(H2,35,37,42)/t25-/m0/s1. The highest BCUT2D eigenvalue weighted by atomic mass is 19.4. The molecule has 226 valence electrons. The van der Waals surface area contributed by atoms with E-state index in [1.165, 1.54) is 0 Å². The summed E-state index contributed by atoms with van der Waals surface area (Å²) in [5, 5.41) is 17.2. The van der Waals surface area contributed by atoms with E-state index in [1.54, 1.807) is 30.1 Å². The zero-order chi connectivity index (χ0) is 30.1. The molecule has 9 nitrogen and oxygen atoms in total. The maximum atomic E-state index is 13.9. The minimum atomic E-state index is -4.61. The Morgan fingerprint density at radius 1 is 1.05 bits per heavy atom. The van der Waals surface area contributed by atoms with Crippen LogP contribution in [0.3, 0.4) is 0 Å². The molecule has 1 aromatic heterocycles. The maximum absolute atomic E-state index is 13.9. The average Bonchev–Trinajstić information content (AvgIpc) is 3.49. The first kappa shape index (κ1) is 30.9. The number of rotatable bonds is 10. The molecule has 4 rings (SSSR count). The fourth-order valence-corrected chi connectivity index (χ4v) is 5.65. The third-order valence-electron chi connectivity index (χ3n) is 8.01. The van der Waals surface area contributed by atoms with Crippen molar-refractivity contribution >= 4 is 23.4 Å². The lowest BCUT2D eigenvalue weighted by Gasteiger charge is -2.35. The normalized spacial score (nSPS) is 17.5. The van der Waals surface area contributed by atoms with Gasteiger partial charge in [0.25, 0.3) is 0 Å². The summed E-state index contributed by atoms with van der Waals surface area (Å²) in [4.78, 5) is 32.1. The van der Waals surface area contributed by atoms with Gasteiger partial charge >= 0.3 is 12.2 Å². The minimum Gasteiger partial charge on any atom is -0.371 e. The minimum absolute atomic E-state index is 0.173. The molecular formula is C30H38F3N7O2. The van der Waals surface area contributed by atoms with Gasteiger partial charge in [-0.3, -0.25) is 4.79 Å². The van der Waals surface area contributed by atoms with Gasteiger partial charge in [0.05, 0.1) is 11.6 Å². The summed E-state index contributed by atoms with van der Waals surface area (Å²) < 4.78 is 41.8. The number of hydrogen-bond donors (Lipinski definition) is 3. The summed E-state index contributed by atoms with van der Waals surface area (Å²) in [6.07, 6.45) is 0.692. The highest BCUT2D eigenvalue weighted by Gasteiger charge is 2.37. The molecule has 0 bridgehead atoms. The highest BCUT2D eigenvalue weighted by Crippen LogP contribution is 2.36. The lowest BCUT2D eigenvalue weighted by Crippen LogP contribution is -2.44. The van der Waals surface area contributed by atoms with Crippen LogP contribution < -0.4 is 25.8 Å². The fourth-order valence-electron chi connectivity index (χ4n) is 5.65. The molecule has 0 spiro atoms. The number of alkyl halides is 3. The number of urea groups is 1.